The van der Waals surface area contributed by atoms with Crippen LogP contribution in [0.4, 0.5) is 10.5 Å². The maximum Gasteiger partial charge on any atom is 0.513 e. The molecule has 0 fully saturated rings. The van der Waals surface area contributed by atoms with Gasteiger partial charge in [0.05, 0.1) is 29.6 Å². The number of carbonyl (C=O) groups is 2. The topological polar surface area (TPSA) is 116 Å². The molecule has 4 rings (SSSR count). The number of carbonyl (C=O) groups excluding carboxylic acids is 2. The van der Waals surface area contributed by atoms with Crippen molar-refractivity contribution in [2.45, 2.75) is 13.8 Å². The van der Waals surface area contributed by atoms with E-state index in [4.69, 9.17) is 9.73 Å². The Hall–Kier alpha value is -4.63. The number of methoxy groups -OCH3 is 1. The van der Waals surface area contributed by atoms with Crippen LogP contribution in [0.3, 0.4) is 0 Å². The van der Waals surface area contributed by atoms with Gasteiger partial charge in [-0.15, -0.1) is 0 Å². The molecule has 0 bridgehead atoms. The van der Waals surface area contributed by atoms with Gasteiger partial charge in [-0.3, -0.25) is 4.79 Å². The van der Waals surface area contributed by atoms with Gasteiger partial charge in [-0.1, -0.05) is 44.2 Å². The minimum Gasteiger partial charge on any atom is -0.494 e. The van der Waals surface area contributed by atoms with Crippen LogP contribution in [0.2, 0.25) is 0 Å². The molecule has 3 aromatic carbocycles. The maximum absolute atomic E-state index is 12.6. The number of aromatic hydroxyl groups is 1. The molecule has 39 heavy (non-hydrogen) atoms. The number of hydrogen-bond donors (Lipinski definition) is 3. The third-order valence-electron chi connectivity index (χ3n) is 6.38. The van der Waals surface area contributed by atoms with Gasteiger partial charge in [-0.2, -0.15) is 0 Å². The van der Waals surface area contributed by atoms with Crippen LogP contribution in [0.25, 0.3) is 10.9 Å². The lowest BCUT2D eigenvalue weighted by atomic mass is 10.0. The van der Waals surface area contributed by atoms with E-state index in [1.165, 1.54) is 7.11 Å². The zero-order chi connectivity index (χ0) is 27.8. The highest BCUT2D eigenvalue weighted by Gasteiger charge is 2.20. The molecule has 0 aliphatic carbocycles. The Morgan fingerprint density at radius 1 is 0.974 bits per heavy atom. The summed E-state index contributed by atoms with van der Waals surface area (Å²) in [4.78, 5) is 34.2. The van der Waals surface area contributed by atoms with Crippen molar-refractivity contribution in [2.24, 2.45) is 4.99 Å². The minimum atomic E-state index is -0.835. The monoisotopic (exact) mass is 528 g/mol. The molecule has 1 aromatic heterocycles. The van der Waals surface area contributed by atoms with Gasteiger partial charge in [-0.25, -0.2) is 9.79 Å². The Balaban J connectivity index is 1.64. The number of likely N-dealkylation sites (N-methyl/N-ethyl adjacent to an activating group) is 1. The number of nitrogens with one attached hydrogen (secondary N) is 2. The normalized spacial score (nSPS) is 11.5. The molecule has 0 atom stereocenters. The molecule has 9 heteroatoms. The van der Waals surface area contributed by atoms with Crippen LogP contribution in [0, 0.1) is 0 Å². The van der Waals surface area contributed by atoms with Crippen molar-refractivity contribution in [2.75, 3.05) is 33.3 Å². The van der Waals surface area contributed by atoms with E-state index >= 15 is 0 Å². The Morgan fingerprint density at radius 3 is 2.36 bits per heavy atom. The number of aromatic nitrogens is 1. The van der Waals surface area contributed by atoms with E-state index in [9.17, 15) is 14.7 Å². The SMILES string of the molecule is CCN(CC)CCNC(=O)c1ccc(N=C(c2ccccc2)c2c(O)[nH]c3cc(OC(=O)OC)ccc23)cc1. The summed E-state index contributed by atoms with van der Waals surface area (Å²) in [6, 6.07) is 21.5. The van der Waals surface area contributed by atoms with Crippen LogP contribution in [0.1, 0.15) is 35.3 Å². The summed E-state index contributed by atoms with van der Waals surface area (Å²) in [5.74, 6) is 0.0542. The zero-order valence-electron chi connectivity index (χ0n) is 22.2. The molecule has 1 amide bonds. The fourth-order valence-electron chi connectivity index (χ4n) is 4.25. The molecule has 0 aliphatic heterocycles. The van der Waals surface area contributed by atoms with Crippen molar-refractivity contribution in [1.29, 1.82) is 0 Å². The van der Waals surface area contributed by atoms with Gasteiger partial charge in [0, 0.05) is 35.7 Å². The van der Waals surface area contributed by atoms with Crippen LogP contribution in [0.5, 0.6) is 11.6 Å². The fourth-order valence-corrected chi connectivity index (χ4v) is 4.25. The average molecular weight is 529 g/mol. The third kappa shape index (κ3) is 6.63. The predicted octanol–water partition coefficient (Wildman–Crippen LogP) is 5.26. The number of aromatic amines is 1. The maximum atomic E-state index is 12.6. The number of amides is 1. The number of benzene rings is 3. The van der Waals surface area contributed by atoms with E-state index in [-0.39, 0.29) is 17.5 Å². The number of hydrogen-bond acceptors (Lipinski definition) is 7. The van der Waals surface area contributed by atoms with Crippen LogP contribution < -0.4 is 10.1 Å². The lowest BCUT2D eigenvalue weighted by Crippen LogP contribution is -2.34. The molecule has 4 aromatic rings. The van der Waals surface area contributed by atoms with E-state index in [0.717, 1.165) is 25.2 Å². The van der Waals surface area contributed by atoms with Crippen molar-refractivity contribution < 1.29 is 24.2 Å². The highest BCUT2D eigenvalue weighted by atomic mass is 16.7. The van der Waals surface area contributed by atoms with Gasteiger partial charge in [0.1, 0.15) is 5.75 Å². The number of H-pyrrole nitrogens is 1. The van der Waals surface area contributed by atoms with E-state index in [2.05, 4.69) is 33.8 Å². The van der Waals surface area contributed by atoms with Crippen molar-refractivity contribution in [3.05, 3.63) is 89.5 Å². The molecular weight excluding hydrogens is 496 g/mol. The van der Waals surface area contributed by atoms with E-state index in [1.807, 2.05) is 30.3 Å². The van der Waals surface area contributed by atoms with Gasteiger partial charge in [-0.05, 0) is 49.5 Å². The smallest absolute Gasteiger partial charge is 0.494 e. The first-order valence-corrected chi connectivity index (χ1v) is 12.8. The quantitative estimate of drug-likeness (QED) is 0.147. The first-order valence-electron chi connectivity index (χ1n) is 12.8. The molecule has 0 aliphatic rings. The van der Waals surface area contributed by atoms with Gasteiger partial charge in [0.2, 0.25) is 0 Å². The lowest BCUT2D eigenvalue weighted by Gasteiger charge is -2.17. The van der Waals surface area contributed by atoms with Gasteiger partial charge < -0.3 is 29.8 Å². The molecule has 0 unspecified atom stereocenters. The van der Waals surface area contributed by atoms with Crippen molar-refractivity contribution in [1.82, 2.24) is 15.2 Å². The van der Waals surface area contributed by atoms with E-state index in [1.54, 1.807) is 42.5 Å². The van der Waals surface area contributed by atoms with Gasteiger partial charge in [0.15, 0.2) is 5.88 Å². The molecule has 0 spiro atoms. The Bertz CT molecular complexity index is 1460. The second kappa shape index (κ2) is 12.7. The summed E-state index contributed by atoms with van der Waals surface area (Å²) in [6.45, 7) is 7.45. The van der Waals surface area contributed by atoms with E-state index in [0.29, 0.717) is 40.0 Å². The molecular formula is C30H32N4O5. The number of fused-ring (bicyclic) bond motifs is 1. The first kappa shape index (κ1) is 27.4. The average Bonchev–Trinajstić information content (AvgIpc) is 3.29. The minimum absolute atomic E-state index is 0.0768. The number of aliphatic imine (C=N–C) groups is 1. The van der Waals surface area contributed by atoms with Gasteiger partial charge >= 0.3 is 6.16 Å². The Labute approximate surface area is 227 Å². The Morgan fingerprint density at radius 2 is 1.69 bits per heavy atom. The van der Waals surface area contributed by atoms with Crippen LogP contribution in [0.15, 0.2) is 77.8 Å². The number of nitrogens with zero attached hydrogens (tertiary/aromatic N) is 2. The molecule has 0 radical (unpaired) electrons. The predicted molar refractivity (Wildman–Crippen MR) is 151 cm³/mol. The standard InChI is InChI=1S/C30H32N4O5/c1-4-34(5-2)18-17-31-28(35)21-11-13-22(14-12-21)32-27(20-9-7-6-8-10-20)26-24-16-15-23(39-30(37)38-3)19-25(24)33-29(26)36/h6-16,19,33,36H,4-5,17-18H2,1-3H3,(H,31,35). The van der Waals surface area contributed by atoms with Gasteiger partial charge in [0.25, 0.3) is 5.91 Å². The second-order valence-electron chi connectivity index (χ2n) is 8.77. The zero-order valence-corrected chi connectivity index (χ0v) is 22.2. The molecule has 9 nitrogen and oxygen atoms in total. The highest BCUT2D eigenvalue weighted by Crippen LogP contribution is 2.33. The lowest BCUT2D eigenvalue weighted by molar-refractivity contribution is 0.0948. The molecule has 202 valence electrons. The summed E-state index contributed by atoms with van der Waals surface area (Å²) < 4.78 is 9.66. The van der Waals surface area contributed by atoms with Crippen molar-refractivity contribution in [3.8, 4) is 11.6 Å². The van der Waals surface area contributed by atoms with Crippen LogP contribution >= 0.6 is 0 Å². The first-order chi connectivity index (χ1) is 18.9. The van der Waals surface area contributed by atoms with Crippen molar-refractivity contribution in [3.63, 3.8) is 0 Å². The summed E-state index contributed by atoms with van der Waals surface area (Å²) >= 11 is 0. The second-order valence-corrected chi connectivity index (χ2v) is 8.77. The summed E-state index contributed by atoms with van der Waals surface area (Å²) in [7, 11) is 1.23. The molecule has 3 N–H and O–H groups in total. The fraction of sp³-hybridized carbons (Fsp3) is 0.233. The van der Waals surface area contributed by atoms with Crippen molar-refractivity contribution >= 4 is 34.4 Å². The van der Waals surface area contributed by atoms with Crippen LogP contribution in [-0.2, 0) is 4.74 Å². The Kier molecular flexibility index (Phi) is 8.96. The highest BCUT2D eigenvalue weighted by molar-refractivity contribution is 6.22. The summed E-state index contributed by atoms with van der Waals surface area (Å²) in [5, 5.41) is 14.6. The van der Waals surface area contributed by atoms with Crippen LogP contribution in [-0.4, -0.2) is 66.1 Å². The summed E-state index contributed by atoms with van der Waals surface area (Å²) in [5.41, 5.74) is 3.55. The molecule has 0 saturated heterocycles. The molecule has 0 saturated carbocycles. The number of ether oxygens (including phenoxy) is 2. The van der Waals surface area contributed by atoms with E-state index < -0.39 is 6.16 Å². The molecule has 1 heterocycles. The largest absolute Gasteiger partial charge is 0.513 e. The number of rotatable bonds is 10. The third-order valence-corrected chi connectivity index (χ3v) is 6.38. The summed E-state index contributed by atoms with van der Waals surface area (Å²) in [6.07, 6.45) is -0.835.